The smallest absolute Gasteiger partial charge is 0.410 e. The van der Waals surface area contributed by atoms with E-state index in [1.807, 2.05) is 65.0 Å². The Morgan fingerprint density at radius 2 is 1.90 bits per heavy atom. The van der Waals surface area contributed by atoms with Crippen molar-refractivity contribution in [2.75, 3.05) is 6.54 Å². The van der Waals surface area contributed by atoms with Crippen molar-refractivity contribution < 1.29 is 14.3 Å². The van der Waals surface area contributed by atoms with Gasteiger partial charge in [-0.25, -0.2) is 4.79 Å². The second kappa shape index (κ2) is 8.01. The molecule has 1 aromatic heterocycles. The number of likely N-dealkylation sites (tertiary alicyclic amines) is 1. The lowest BCUT2D eigenvalue weighted by molar-refractivity contribution is -0.123. The minimum Gasteiger partial charge on any atom is -0.444 e. The van der Waals surface area contributed by atoms with Crippen LogP contribution in [0.25, 0.3) is 10.8 Å². The van der Waals surface area contributed by atoms with Crippen molar-refractivity contribution in [1.82, 2.24) is 15.2 Å². The molecule has 2 heterocycles. The maximum atomic E-state index is 12.9. The monoisotopic (exact) mass is 397 g/mol. The number of amides is 2. The first kappa shape index (κ1) is 21.1. The fraction of sp³-hybridized carbons (Fsp3) is 0.522. The van der Waals surface area contributed by atoms with Gasteiger partial charge in [-0.05, 0) is 58.9 Å². The van der Waals surface area contributed by atoms with E-state index in [-0.39, 0.29) is 24.5 Å². The first-order valence-corrected chi connectivity index (χ1v) is 10.2. The van der Waals surface area contributed by atoms with E-state index in [4.69, 9.17) is 4.74 Å². The molecule has 2 amide bonds. The number of fused-ring (bicyclic) bond motifs is 1. The molecule has 6 heteroatoms. The lowest BCUT2D eigenvalue weighted by Crippen LogP contribution is -2.46. The molecule has 0 aliphatic carbocycles. The molecule has 0 radical (unpaired) electrons. The van der Waals surface area contributed by atoms with Crippen LogP contribution in [-0.2, 0) is 15.1 Å². The third-order valence-electron chi connectivity index (χ3n) is 5.14. The van der Waals surface area contributed by atoms with Gasteiger partial charge in [0, 0.05) is 30.6 Å². The van der Waals surface area contributed by atoms with Crippen LogP contribution in [0.4, 0.5) is 4.79 Å². The lowest BCUT2D eigenvalue weighted by Gasteiger charge is -2.30. The van der Waals surface area contributed by atoms with Crippen molar-refractivity contribution in [3.63, 3.8) is 0 Å². The molecular formula is C23H31N3O3. The number of hydrogen-bond acceptors (Lipinski definition) is 4. The molecule has 1 aliphatic rings. The van der Waals surface area contributed by atoms with Crippen LogP contribution in [0.15, 0.2) is 36.5 Å². The van der Waals surface area contributed by atoms with Gasteiger partial charge in [0.2, 0.25) is 5.91 Å². The second-order valence-corrected chi connectivity index (χ2v) is 9.23. The first-order chi connectivity index (χ1) is 13.6. The minimum absolute atomic E-state index is 0.0924. The van der Waals surface area contributed by atoms with Gasteiger partial charge in [0.15, 0.2) is 0 Å². The van der Waals surface area contributed by atoms with Crippen molar-refractivity contribution in [2.24, 2.45) is 0 Å². The maximum absolute atomic E-state index is 12.9. The Labute approximate surface area is 172 Å². The molecule has 0 spiro atoms. The van der Waals surface area contributed by atoms with E-state index in [9.17, 15) is 9.59 Å². The van der Waals surface area contributed by atoms with E-state index in [2.05, 4.69) is 10.3 Å². The zero-order valence-corrected chi connectivity index (χ0v) is 18.0. The van der Waals surface area contributed by atoms with Gasteiger partial charge in [-0.2, -0.15) is 0 Å². The number of rotatable bonds is 4. The molecule has 1 atom stereocenters. The number of aromatic nitrogens is 1. The highest BCUT2D eigenvalue weighted by atomic mass is 16.6. The third kappa shape index (κ3) is 5.05. The molecule has 0 saturated carbocycles. The van der Waals surface area contributed by atoms with E-state index < -0.39 is 11.1 Å². The predicted octanol–water partition coefficient (Wildman–Crippen LogP) is 4.38. The number of pyridine rings is 1. The fourth-order valence-electron chi connectivity index (χ4n) is 3.90. The fourth-order valence-corrected chi connectivity index (χ4v) is 3.90. The summed E-state index contributed by atoms with van der Waals surface area (Å²) in [6.45, 7) is 10.1. The van der Waals surface area contributed by atoms with Gasteiger partial charge in [-0.3, -0.25) is 9.78 Å². The Bertz CT molecular complexity index is 896. The average Bonchev–Trinajstić information content (AvgIpc) is 3.07. The van der Waals surface area contributed by atoms with Gasteiger partial charge in [0.1, 0.15) is 5.60 Å². The number of benzene rings is 1. The quantitative estimate of drug-likeness (QED) is 0.831. The van der Waals surface area contributed by atoms with Gasteiger partial charge < -0.3 is 15.0 Å². The molecule has 2 aromatic rings. The van der Waals surface area contributed by atoms with Gasteiger partial charge in [-0.15, -0.1) is 0 Å². The second-order valence-electron chi connectivity index (χ2n) is 9.23. The summed E-state index contributed by atoms with van der Waals surface area (Å²) in [7, 11) is 0. The van der Waals surface area contributed by atoms with E-state index in [0.29, 0.717) is 6.54 Å². The van der Waals surface area contributed by atoms with Crippen molar-refractivity contribution in [3.05, 3.63) is 42.2 Å². The molecule has 156 valence electrons. The molecule has 6 nitrogen and oxygen atoms in total. The van der Waals surface area contributed by atoms with Crippen LogP contribution in [0.1, 0.15) is 59.6 Å². The summed E-state index contributed by atoms with van der Waals surface area (Å²) in [6.07, 6.45) is 3.37. The van der Waals surface area contributed by atoms with E-state index in [1.54, 1.807) is 11.1 Å². The van der Waals surface area contributed by atoms with Gasteiger partial charge in [0.25, 0.3) is 0 Å². The summed E-state index contributed by atoms with van der Waals surface area (Å²) in [4.78, 5) is 31.6. The molecule has 1 N–H and O–H groups in total. The highest BCUT2D eigenvalue weighted by Gasteiger charge is 2.35. The van der Waals surface area contributed by atoms with Crippen molar-refractivity contribution >= 4 is 22.8 Å². The Morgan fingerprint density at radius 3 is 2.62 bits per heavy atom. The van der Waals surface area contributed by atoms with Crippen LogP contribution < -0.4 is 5.32 Å². The van der Waals surface area contributed by atoms with Crippen LogP contribution in [0, 0.1) is 0 Å². The number of carbonyl (C=O) groups excluding carboxylic acids is 2. The molecule has 29 heavy (non-hydrogen) atoms. The summed E-state index contributed by atoms with van der Waals surface area (Å²) in [6, 6.07) is 9.85. The molecule has 1 aliphatic heterocycles. The van der Waals surface area contributed by atoms with Crippen LogP contribution >= 0.6 is 0 Å². The predicted molar refractivity (Wildman–Crippen MR) is 113 cm³/mol. The van der Waals surface area contributed by atoms with Crippen LogP contribution in [0.2, 0.25) is 0 Å². The normalized spacial score (nSPS) is 17.4. The number of hydrogen-bond donors (Lipinski definition) is 1. The molecule has 1 fully saturated rings. The molecule has 0 unspecified atom stereocenters. The maximum Gasteiger partial charge on any atom is 0.410 e. The standard InChI is InChI=1S/C23H31N3O3/c1-22(2,3)29-21(28)26-14-8-10-17(26)15-19(27)25-23(4,5)20-18-11-7-6-9-16(18)12-13-24-20/h6-7,9,11-13,17H,8,10,14-15H2,1-5H3,(H,25,27)/t17-/m0/s1. The minimum atomic E-state index is -0.632. The van der Waals surface area contributed by atoms with Gasteiger partial charge in [0.05, 0.1) is 11.2 Å². The van der Waals surface area contributed by atoms with Crippen LogP contribution in [0.5, 0.6) is 0 Å². The molecule has 3 rings (SSSR count). The highest BCUT2D eigenvalue weighted by molar-refractivity contribution is 5.86. The average molecular weight is 398 g/mol. The summed E-state index contributed by atoms with van der Waals surface area (Å²) in [5.41, 5.74) is -0.346. The molecule has 0 bridgehead atoms. The van der Waals surface area contributed by atoms with Crippen molar-refractivity contribution in [3.8, 4) is 0 Å². The number of nitrogens with zero attached hydrogens (tertiary/aromatic N) is 2. The van der Waals surface area contributed by atoms with Crippen molar-refractivity contribution in [2.45, 2.75) is 71.1 Å². The molecular weight excluding hydrogens is 366 g/mol. The number of nitrogens with one attached hydrogen (secondary N) is 1. The van der Waals surface area contributed by atoms with Crippen LogP contribution in [-0.4, -0.2) is 40.1 Å². The Balaban J connectivity index is 1.70. The first-order valence-electron chi connectivity index (χ1n) is 10.2. The zero-order valence-electron chi connectivity index (χ0n) is 18.0. The highest BCUT2D eigenvalue weighted by Crippen LogP contribution is 2.28. The van der Waals surface area contributed by atoms with Crippen molar-refractivity contribution in [1.29, 1.82) is 0 Å². The summed E-state index contributed by atoms with van der Waals surface area (Å²) >= 11 is 0. The SMILES string of the molecule is CC(C)(C)OC(=O)N1CCC[C@H]1CC(=O)NC(C)(C)c1nccc2ccccc12. The largest absolute Gasteiger partial charge is 0.444 e. The summed E-state index contributed by atoms with van der Waals surface area (Å²) < 4.78 is 5.50. The zero-order chi connectivity index (χ0) is 21.2. The van der Waals surface area contributed by atoms with E-state index in [0.717, 1.165) is 29.3 Å². The van der Waals surface area contributed by atoms with Gasteiger partial charge >= 0.3 is 6.09 Å². The van der Waals surface area contributed by atoms with Crippen LogP contribution in [0.3, 0.4) is 0 Å². The Kier molecular flexibility index (Phi) is 5.82. The van der Waals surface area contributed by atoms with E-state index in [1.165, 1.54) is 0 Å². The summed E-state index contributed by atoms with van der Waals surface area (Å²) in [5, 5.41) is 5.23. The van der Waals surface area contributed by atoms with Gasteiger partial charge in [-0.1, -0.05) is 24.3 Å². The van der Waals surface area contributed by atoms with E-state index >= 15 is 0 Å². The third-order valence-corrected chi connectivity index (χ3v) is 5.14. The topological polar surface area (TPSA) is 71.5 Å². The Hall–Kier alpha value is -2.63. The number of carbonyl (C=O) groups is 2. The number of ether oxygens (including phenoxy) is 1. The molecule has 1 aromatic carbocycles. The Morgan fingerprint density at radius 1 is 1.17 bits per heavy atom. The summed E-state index contributed by atoms with van der Waals surface area (Å²) in [5.74, 6) is -0.0924. The molecule has 1 saturated heterocycles. The lowest BCUT2D eigenvalue weighted by atomic mass is 9.94.